The van der Waals surface area contributed by atoms with E-state index in [9.17, 15) is 4.79 Å². The maximum Gasteiger partial charge on any atom is 0.335 e. The van der Waals surface area contributed by atoms with Crippen LogP contribution in [0, 0.1) is 0 Å². The highest BCUT2D eigenvalue weighted by molar-refractivity contribution is 5.88. The molecule has 2 aromatic rings. The Hall–Kier alpha value is -2.33. The van der Waals surface area contributed by atoms with Crippen LogP contribution in [0.3, 0.4) is 0 Å². The maximum atomic E-state index is 10.8. The second-order valence-electron chi connectivity index (χ2n) is 4.42. The number of hydrogen-bond acceptors (Lipinski definition) is 3. The number of hydrogen-bond donors (Lipinski definition) is 2. The number of nitrogens with one attached hydrogen (secondary N) is 1. The third-order valence-electron chi connectivity index (χ3n) is 3.17. The van der Waals surface area contributed by atoms with Crippen LogP contribution in [-0.4, -0.2) is 17.8 Å². The van der Waals surface area contributed by atoms with Crippen LogP contribution in [0.1, 0.15) is 15.9 Å². The van der Waals surface area contributed by atoms with Gasteiger partial charge in [-0.3, -0.25) is 5.32 Å². The number of fused-ring (bicyclic) bond motifs is 1. The van der Waals surface area contributed by atoms with Crippen LogP contribution in [-0.2, 0) is 6.54 Å². The van der Waals surface area contributed by atoms with E-state index >= 15 is 0 Å². The Kier molecular flexibility index (Phi) is 2.93. The maximum absolute atomic E-state index is 10.8. The zero-order valence-electron chi connectivity index (χ0n) is 10.2. The summed E-state index contributed by atoms with van der Waals surface area (Å²) in [6, 6.07) is 12.9. The molecule has 1 heterocycles. The summed E-state index contributed by atoms with van der Waals surface area (Å²) in [5.74, 6) is -0.000697. The van der Waals surface area contributed by atoms with Gasteiger partial charge in [-0.25, -0.2) is 4.79 Å². The van der Waals surface area contributed by atoms with E-state index in [4.69, 9.17) is 9.84 Å². The lowest BCUT2D eigenvalue weighted by atomic mass is 10.0. The van der Waals surface area contributed by atoms with Crippen LogP contribution in [0.15, 0.2) is 42.5 Å². The molecule has 2 aromatic carbocycles. The molecule has 0 radical (unpaired) electrons. The summed E-state index contributed by atoms with van der Waals surface area (Å²) in [6.07, 6.45) is 0. The van der Waals surface area contributed by atoms with E-state index in [2.05, 4.69) is 11.4 Å². The van der Waals surface area contributed by atoms with Crippen LogP contribution in [0.4, 0.5) is 0 Å². The first kappa shape index (κ1) is 11.7. The van der Waals surface area contributed by atoms with Crippen molar-refractivity contribution in [1.29, 1.82) is 0 Å². The molecule has 0 bridgehead atoms. The summed E-state index contributed by atoms with van der Waals surface area (Å²) in [4.78, 5) is 10.8. The van der Waals surface area contributed by atoms with Gasteiger partial charge in [0.05, 0.1) is 5.56 Å². The summed E-state index contributed by atoms with van der Waals surface area (Å²) in [5.41, 5.74) is 3.47. The first-order valence-electron chi connectivity index (χ1n) is 6.04. The molecule has 19 heavy (non-hydrogen) atoms. The lowest BCUT2D eigenvalue weighted by Gasteiger charge is -2.19. The predicted molar refractivity (Wildman–Crippen MR) is 71.2 cm³/mol. The van der Waals surface area contributed by atoms with Crippen molar-refractivity contribution >= 4 is 5.97 Å². The molecular formula is C15H13NO3. The second-order valence-corrected chi connectivity index (χ2v) is 4.42. The average Bonchev–Trinajstić information content (AvgIpc) is 2.47. The van der Waals surface area contributed by atoms with Crippen molar-refractivity contribution in [1.82, 2.24) is 5.32 Å². The molecule has 0 unspecified atom stereocenters. The van der Waals surface area contributed by atoms with E-state index in [1.54, 1.807) is 12.1 Å². The zero-order valence-corrected chi connectivity index (χ0v) is 10.2. The molecular weight excluding hydrogens is 242 g/mol. The fourth-order valence-corrected chi connectivity index (χ4v) is 2.16. The van der Waals surface area contributed by atoms with Crippen molar-refractivity contribution in [3.05, 3.63) is 53.6 Å². The van der Waals surface area contributed by atoms with Crippen LogP contribution < -0.4 is 10.1 Å². The number of benzene rings is 2. The molecule has 0 saturated carbocycles. The van der Waals surface area contributed by atoms with E-state index in [0.717, 1.165) is 29.0 Å². The number of aromatic carboxylic acids is 1. The lowest BCUT2D eigenvalue weighted by Crippen LogP contribution is -2.25. The van der Waals surface area contributed by atoms with Crippen molar-refractivity contribution in [3.63, 3.8) is 0 Å². The number of ether oxygens (including phenoxy) is 1. The van der Waals surface area contributed by atoms with E-state index in [-0.39, 0.29) is 0 Å². The minimum atomic E-state index is -0.908. The molecule has 0 saturated heterocycles. The Morgan fingerprint density at radius 2 is 1.84 bits per heavy atom. The van der Waals surface area contributed by atoms with Crippen LogP contribution >= 0.6 is 0 Å². The fourth-order valence-electron chi connectivity index (χ4n) is 2.16. The van der Waals surface area contributed by atoms with Crippen LogP contribution in [0.5, 0.6) is 5.75 Å². The number of carboxylic acid groups (broad SMARTS) is 1. The van der Waals surface area contributed by atoms with E-state index in [1.807, 2.05) is 24.3 Å². The smallest absolute Gasteiger partial charge is 0.335 e. The Bertz CT molecular complexity index is 620. The number of rotatable bonds is 2. The van der Waals surface area contributed by atoms with Gasteiger partial charge in [0.15, 0.2) is 0 Å². The van der Waals surface area contributed by atoms with Gasteiger partial charge < -0.3 is 9.84 Å². The van der Waals surface area contributed by atoms with E-state index in [1.165, 1.54) is 0 Å². The molecule has 1 aliphatic rings. The lowest BCUT2D eigenvalue weighted by molar-refractivity contribution is 0.0697. The van der Waals surface area contributed by atoms with Crippen LogP contribution in [0.25, 0.3) is 11.1 Å². The Labute approximate surface area is 110 Å². The average molecular weight is 255 g/mol. The highest BCUT2D eigenvalue weighted by Gasteiger charge is 2.11. The first-order chi connectivity index (χ1) is 9.24. The molecule has 4 nitrogen and oxygen atoms in total. The van der Waals surface area contributed by atoms with Gasteiger partial charge >= 0.3 is 5.97 Å². The normalized spacial score (nSPS) is 13.5. The molecule has 0 spiro atoms. The summed E-state index contributed by atoms with van der Waals surface area (Å²) >= 11 is 0. The van der Waals surface area contributed by atoms with Crippen molar-refractivity contribution < 1.29 is 14.6 Å². The Morgan fingerprint density at radius 3 is 2.58 bits per heavy atom. The SMILES string of the molecule is O=C(O)c1ccc(-c2ccc3c(c2)CNCO3)cc1. The summed E-state index contributed by atoms with van der Waals surface area (Å²) < 4.78 is 5.48. The molecule has 0 aliphatic carbocycles. The minimum Gasteiger partial charge on any atom is -0.478 e. The highest BCUT2D eigenvalue weighted by Crippen LogP contribution is 2.28. The van der Waals surface area contributed by atoms with Gasteiger partial charge in [-0.15, -0.1) is 0 Å². The molecule has 0 amide bonds. The summed E-state index contributed by atoms with van der Waals surface area (Å²) in [7, 11) is 0. The first-order valence-corrected chi connectivity index (χ1v) is 6.04. The molecule has 1 aliphatic heterocycles. The van der Waals surface area contributed by atoms with Crippen molar-refractivity contribution in [2.75, 3.05) is 6.73 Å². The predicted octanol–water partition coefficient (Wildman–Crippen LogP) is 2.49. The van der Waals surface area contributed by atoms with Gasteiger partial charge in [-0.2, -0.15) is 0 Å². The molecule has 0 aromatic heterocycles. The molecule has 0 fully saturated rings. The van der Waals surface area contributed by atoms with Gasteiger partial charge in [0.1, 0.15) is 12.5 Å². The highest BCUT2D eigenvalue weighted by atomic mass is 16.5. The van der Waals surface area contributed by atoms with Gasteiger partial charge in [0.25, 0.3) is 0 Å². The number of carbonyl (C=O) groups is 1. The summed E-state index contributed by atoms with van der Waals surface area (Å²) in [6.45, 7) is 1.33. The quantitative estimate of drug-likeness (QED) is 0.865. The molecule has 4 heteroatoms. The van der Waals surface area contributed by atoms with Crippen LogP contribution in [0.2, 0.25) is 0 Å². The van der Waals surface area contributed by atoms with Crippen molar-refractivity contribution in [2.45, 2.75) is 6.54 Å². The van der Waals surface area contributed by atoms with Crippen molar-refractivity contribution in [3.8, 4) is 16.9 Å². The Morgan fingerprint density at radius 1 is 1.11 bits per heavy atom. The van der Waals surface area contributed by atoms with Gasteiger partial charge in [-0.1, -0.05) is 18.2 Å². The van der Waals surface area contributed by atoms with Gasteiger partial charge in [0, 0.05) is 12.1 Å². The van der Waals surface area contributed by atoms with E-state index < -0.39 is 5.97 Å². The monoisotopic (exact) mass is 255 g/mol. The third-order valence-corrected chi connectivity index (χ3v) is 3.17. The standard InChI is InChI=1S/C15H13NO3/c17-15(18)11-3-1-10(2-4-11)12-5-6-14-13(7-12)8-16-9-19-14/h1-7,16H,8-9H2,(H,17,18). The minimum absolute atomic E-state index is 0.298. The van der Waals surface area contributed by atoms with Crippen molar-refractivity contribution in [2.24, 2.45) is 0 Å². The fraction of sp³-hybridized carbons (Fsp3) is 0.133. The van der Waals surface area contributed by atoms with Gasteiger partial charge in [-0.05, 0) is 35.4 Å². The molecule has 0 atom stereocenters. The largest absolute Gasteiger partial charge is 0.478 e. The zero-order chi connectivity index (χ0) is 13.2. The topological polar surface area (TPSA) is 58.6 Å². The molecule has 96 valence electrons. The summed E-state index contributed by atoms with van der Waals surface area (Å²) in [5, 5.41) is 12.0. The van der Waals surface area contributed by atoms with E-state index in [0.29, 0.717) is 12.3 Å². The second kappa shape index (κ2) is 4.74. The molecule has 3 rings (SSSR count). The Balaban J connectivity index is 1.95. The third kappa shape index (κ3) is 2.30. The van der Waals surface area contributed by atoms with Gasteiger partial charge in [0.2, 0.25) is 0 Å². The number of carboxylic acids is 1. The molecule has 2 N–H and O–H groups in total.